The summed E-state index contributed by atoms with van der Waals surface area (Å²) < 4.78 is 52.4. The van der Waals surface area contributed by atoms with Gasteiger partial charge < -0.3 is 10.5 Å². The maximum atomic E-state index is 12.3. The van der Waals surface area contributed by atoms with E-state index in [-0.39, 0.29) is 5.75 Å². The largest absolute Gasteiger partial charge is 0.573 e. The van der Waals surface area contributed by atoms with Gasteiger partial charge in [0.1, 0.15) is 11.1 Å². The van der Waals surface area contributed by atoms with Gasteiger partial charge in [-0.25, -0.2) is 0 Å². The zero-order valence-corrected chi connectivity index (χ0v) is 12.4. The summed E-state index contributed by atoms with van der Waals surface area (Å²) in [5.41, 5.74) is 7.42. The Morgan fingerprint density at radius 2 is 1.59 bits per heavy atom. The molecule has 2 rings (SSSR count). The summed E-state index contributed by atoms with van der Waals surface area (Å²) in [5, 5.41) is -0.831. The maximum absolute atomic E-state index is 12.3. The predicted molar refractivity (Wildman–Crippen MR) is 77.6 cm³/mol. The lowest BCUT2D eigenvalue weighted by molar-refractivity contribution is -0.274. The van der Waals surface area contributed by atoms with Gasteiger partial charge in [-0.15, -0.1) is 13.2 Å². The topological polar surface area (TPSA) is 52.3 Å². The molecule has 0 saturated carbocycles. The molecule has 2 atom stereocenters. The molecule has 0 saturated heterocycles. The first-order chi connectivity index (χ1) is 10.3. The fourth-order valence-corrected chi connectivity index (χ4v) is 2.90. The van der Waals surface area contributed by atoms with Crippen molar-refractivity contribution in [1.29, 1.82) is 0 Å². The molecule has 0 amide bonds. The predicted octanol–water partition coefficient (Wildman–Crippen LogP) is 3.66. The van der Waals surface area contributed by atoms with Crippen LogP contribution in [0.15, 0.2) is 53.4 Å². The molecule has 2 unspecified atom stereocenters. The highest BCUT2D eigenvalue weighted by molar-refractivity contribution is 7.85. The van der Waals surface area contributed by atoms with E-state index in [0.717, 1.165) is 17.7 Å². The SMILES string of the molecule is Cc1ccc(S(=O)C(N)c2ccc(OC(F)(F)F)cc2)cc1. The second kappa shape index (κ2) is 6.50. The number of ether oxygens (including phenoxy) is 1. The van der Waals surface area contributed by atoms with E-state index in [9.17, 15) is 17.4 Å². The quantitative estimate of drug-likeness (QED) is 0.931. The lowest BCUT2D eigenvalue weighted by atomic mass is 10.2. The average molecular weight is 329 g/mol. The van der Waals surface area contributed by atoms with E-state index in [1.807, 2.05) is 19.1 Å². The molecule has 2 N–H and O–H groups in total. The Labute approximate surface area is 128 Å². The summed E-state index contributed by atoms with van der Waals surface area (Å²) in [6, 6.07) is 12.1. The Morgan fingerprint density at radius 1 is 1.05 bits per heavy atom. The van der Waals surface area contributed by atoms with Crippen LogP contribution in [0.4, 0.5) is 13.2 Å². The molecule has 2 aromatic rings. The third-order valence-corrected chi connectivity index (χ3v) is 4.40. The summed E-state index contributed by atoms with van der Waals surface area (Å²) in [5.74, 6) is -0.343. The minimum atomic E-state index is -4.74. The van der Waals surface area contributed by atoms with Gasteiger partial charge in [-0.3, -0.25) is 4.21 Å². The first-order valence-corrected chi connectivity index (χ1v) is 7.56. The molecule has 2 aromatic carbocycles. The highest BCUT2D eigenvalue weighted by Gasteiger charge is 2.31. The van der Waals surface area contributed by atoms with Gasteiger partial charge in [0.05, 0.1) is 10.8 Å². The van der Waals surface area contributed by atoms with Gasteiger partial charge in [0.25, 0.3) is 0 Å². The molecule has 7 heteroatoms. The minimum Gasteiger partial charge on any atom is -0.406 e. The molecular weight excluding hydrogens is 315 g/mol. The van der Waals surface area contributed by atoms with Gasteiger partial charge >= 0.3 is 6.36 Å². The molecule has 0 aliphatic carbocycles. The summed E-state index contributed by atoms with van der Waals surface area (Å²) in [6.07, 6.45) is -4.74. The molecule has 0 aliphatic rings. The monoisotopic (exact) mass is 329 g/mol. The zero-order valence-electron chi connectivity index (χ0n) is 11.6. The van der Waals surface area contributed by atoms with Crippen molar-refractivity contribution in [3.63, 3.8) is 0 Å². The van der Waals surface area contributed by atoms with Crippen LogP contribution >= 0.6 is 0 Å². The normalized spacial score (nSPS) is 14.4. The van der Waals surface area contributed by atoms with Crippen LogP contribution in [0.2, 0.25) is 0 Å². The van der Waals surface area contributed by atoms with Crippen LogP contribution in [-0.4, -0.2) is 10.6 Å². The van der Waals surface area contributed by atoms with Crippen LogP contribution in [0.3, 0.4) is 0 Å². The highest BCUT2D eigenvalue weighted by Crippen LogP contribution is 2.26. The van der Waals surface area contributed by atoms with Gasteiger partial charge in [-0.2, -0.15) is 0 Å². The van der Waals surface area contributed by atoms with Gasteiger partial charge in [0.15, 0.2) is 0 Å². The van der Waals surface area contributed by atoms with E-state index in [0.29, 0.717) is 10.5 Å². The number of rotatable bonds is 4. The number of benzene rings is 2. The molecule has 0 fully saturated rings. The van der Waals surface area contributed by atoms with Crippen LogP contribution in [0.5, 0.6) is 5.75 Å². The Bertz CT molecular complexity index is 654. The second-order valence-electron chi connectivity index (χ2n) is 4.65. The molecule has 0 radical (unpaired) electrons. The Morgan fingerprint density at radius 3 is 2.09 bits per heavy atom. The van der Waals surface area contributed by atoms with Gasteiger partial charge in [0.2, 0.25) is 0 Å². The molecule has 0 aliphatic heterocycles. The Kier molecular flexibility index (Phi) is 4.87. The van der Waals surface area contributed by atoms with Crippen LogP contribution in [0.25, 0.3) is 0 Å². The van der Waals surface area contributed by atoms with Crippen LogP contribution in [-0.2, 0) is 10.8 Å². The van der Waals surface area contributed by atoms with E-state index in [1.54, 1.807) is 12.1 Å². The number of nitrogens with two attached hydrogens (primary N) is 1. The third kappa shape index (κ3) is 4.32. The number of halogens is 3. The summed E-state index contributed by atoms with van der Waals surface area (Å²) in [4.78, 5) is 0.564. The van der Waals surface area contributed by atoms with Crippen molar-refractivity contribution >= 4 is 10.8 Å². The summed E-state index contributed by atoms with van der Waals surface area (Å²) >= 11 is 0. The van der Waals surface area contributed by atoms with Crippen molar-refractivity contribution in [3.05, 3.63) is 59.7 Å². The highest BCUT2D eigenvalue weighted by atomic mass is 32.2. The third-order valence-electron chi connectivity index (χ3n) is 2.93. The van der Waals surface area contributed by atoms with E-state index < -0.39 is 22.5 Å². The van der Waals surface area contributed by atoms with Crippen molar-refractivity contribution in [3.8, 4) is 5.75 Å². The van der Waals surface area contributed by atoms with E-state index >= 15 is 0 Å². The van der Waals surface area contributed by atoms with Crippen LogP contribution in [0, 0.1) is 6.92 Å². The summed E-state index contributed by atoms with van der Waals surface area (Å²) in [7, 11) is -1.50. The van der Waals surface area contributed by atoms with Crippen molar-refractivity contribution in [2.75, 3.05) is 0 Å². The minimum absolute atomic E-state index is 0.343. The summed E-state index contributed by atoms with van der Waals surface area (Å²) in [6.45, 7) is 1.91. The maximum Gasteiger partial charge on any atom is 0.573 e. The van der Waals surface area contributed by atoms with E-state index in [2.05, 4.69) is 4.74 Å². The molecule has 0 heterocycles. The van der Waals surface area contributed by atoms with E-state index in [4.69, 9.17) is 5.73 Å². The van der Waals surface area contributed by atoms with Crippen molar-refractivity contribution < 1.29 is 22.1 Å². The zero-order chi connectivity index (χ0) is 16.3. The number of hydrogen-bond acceptors (Lipinski definition) is 3. The number of hydrogen-bond donors (Lipinski definition) is 1. The molecule has 0 aromatic heterocycles. The molecule has 3 nitrogen and oxygen atoms in total. The van der Waals surface area contributed by atoms with Crippen LogP contribution < -0.4 is 10.5 Å². The first kappa shape index (κ1) is 16.5. The molecule has 0 bridgehead atoms. The average Bonchev–Trinajstić information content (AvgIpc) is 2.46. The van der Waals surface area contributed by atoms with Gasteiger partial charge in [-0.05, 0) is 36.8 Å². The fraction of sp³-hybridized carbons (Fsp3) is 0.200. The smallest absolute Gasteiger partial charge is 0.406 e. The number of aryl methyl sites for hydroxylation is 1. The number of alkyl halides is 3. The van der Waals surface area contributed by atoms with Crippen molar-refractivity contribution in [2.24, 2.45) is 5.73 Å². The Balaban J connectivity index is 2.13. The fourth-order valence-electron chi connectivity index (χ4n) is 1.80. The van der Waals surface area contributed by atoms with Gasteiger partial charge in [0, 0.05) is 4.90 Å². The second-order valence-corrected chi connectivity index (χ2v) is 6.22. The van der Waals surface area contributed by atoms with Crippen molar-refractivity contribution in [1.82, 2.24) is 0 Å². The van der Waals surface area contributed by atoms with Crippen molar-refractivity contribution in [2.45, 2.75) is 23.6 Å². The lowest BCUT2D eigenvalue weighted by Gasteiger charge is -2.14. The standard InChI is InChI=1S/C15H14F3NO2S/c1-10-2-8-13(9-3-10)22(20)14(19)11-4-6-12(7-5-11)21-15(16,17)18/h2-9,14H,19H2,1H3. The molecule has 22 heavy (non-hydrogen) atoms. The first-order valence-electron chi connectivity index (χ1n) is 6.35. The molecule has 0 spiro atoms. The Hall–Kier alpha value is -1.86. The van der Waals surface area contributed by atoms with Gasteiger partial charge in [-0.1, -0.05) is 29.8 Å². The molecule has 118 valence electrons. The van der Waals surface area contributed by atoms with E-state index in [1.165, 1.54) is 12.1 Å². The lowest BCUT2D eigenvalue weighted by Crippen LogP contribution is -2.18. The van der Waals surface area contributed by atoms with Crippen LogP contribution in [0.1, 0.15) is 16.5 Å². The molecular formula is C15H14F3NO2S.